The summed E-state index contributed by atoms with van der Waals surface area (Å²) in [5, 5.41) is 14.0. The second-order valence-corrected chi connectivity index (χ2v) is 8.30. The molecule has 3 aromatic rings. The van der Waals surface area contributed by atoms with Crippen LogP contribution in [0.15, 0.2) is 59.6 Å². The van der Waals surface area contributed by atoms with Crippen LogP contribution in [0.4, 0.5) is 0 Å². The van der Waals surface area contributed by atoms with Crippen LogP contribution in [-0.2, 0) is 17.9 Å². The average Bonchev–Trinajstić information content (AvgIpc) is 3.37. The third-order valence-corrected chi connectivity index (χ3v) is 6.00. The molecule has 146 valence electrons. The first kappa shape index (κ1) is 20.2. The predicted octanol–water partition coefficient (Wildman–Crippen LogP) is 4.00. The maximum Gasteiger partial charge on any atom is 0.233 e. The van der Waals surface area contributed by atoms with Crippen molar-refractivity contribution in [2.24, 2.45) is 0 Å². The highest BCUT2D eigenvalue weighted by Gasteiger charge is 2.21. The standard InChI is InChI=1S/C20H22N4O2S2/c1-4-11-24-18(16-9-5-6-10-17(16)26-3)22-23-20(24)28-14(2)19(25)21-13-15-8-7-12-27-15/h4-10,12,14H,1,11,13H2,2-3H3,(H,21,25)/t14-/m1/s1. The number of benzene rings is 1. The molecule has 8 heteroatoms. The SMILES string of the molecule is C=CCn1c(S[C@H](C)C(=O)NCc2cccs2)nnc1-c1ccccc1OC. The van der Waals surface area contributed by atoms with Gasteiger partial charge in [0.2, 0.25) is 5.91 Å². The molecule has 0 saturated carbocycles. The maximum absolute atomic E-state index is 12.5. The Hall–Kier alpha value is -2.58. The van der Waals surface area contributed by atoms with E-state index in [9.17, 15) is 4.79 Å². The highest BCUT2D eigenvalue weighted by molar-refractivity contribution is 8.00. The molecule has 1 N–H and O–H groups in total. The fourth-order valence-electron chi connectivity index (χ4n) is 2.64. The van der Waals surface area contributed by atoms with E-state index in [1.165, 1.54) is 11.8 Å². The van der Waals surface area contributed by atoms with Crippen molar-refractivity contribution >= 4 is 29.0 Å². The maximum atomic E-state index is 12.5. The predicted molar refractivity (Wildman–Crippen MR) is 114 cm³/mol. The van der Waals surface area contributed by atoms with Gasteiger partial charge in [0.15, 0.2) is 11.0 Å². The van der Waals surface area contributed by atoms with Crippen molar-refractivity contribution < 1.29 is 9.53 Å². The molecule has 0 fully saturated rings. The number of thiophene rings is 1. The van der Waals surface area contributed by atoms with E-state index in [0.717, 1.165) is 16.2 Å². The Morgan fingerprint density at radius 3 is 2.89 bits per heavy atom. The minimum Gasteiger partial charge on any atom is -0.496 e. The first-order valence-corrected chi connectivity index (χ1v) is 10.5. The number of rotatable bonds is 9. The van der Waals surface area contributed by atoms with Crippen molar-refractivity contribution in [1.82, 2.24) is 20.1 Å². The molecule has 0 spiro atoms. The first-order chi connectivity index (χ1) is 13.6. The van der Waals surface area contributed by atoms with Crippen molar-refractivity contribution in [3.8, 4) is 17.1 Å². The second kappa shape index (κ2) is 9.57. The molecule has 2 heterocycles. The Balaban J connectivity index is 1.77. The minimum atomic E-state index is -0.307. The van der Waals surface area contributed by atoms with Gasteiger partial charge in [0.1, 0.15) is 5.75 Å². The summed E-state index contributed by atoms with van der Waals surface area (Å²) < 4.78 is 7.39. The van der Waals surface area contributed by atoms with Crippen LogP contribution in [0.1, 0.15) is 11.8 Å². The van der Waals surface area contributed by atoms with Crippen LogP contribution in [0.3, 0.4) is 0 Å². The lowest BCUT2D eigenvalue weighted by molar-refractivity contribution is -0.120. The van der Waals surface area contributed by atoms with Gasteiger partial charge in [-0.3, -0.25) is 9.36 Å². The lowest BCUT2D eigenvalue weighted by Crippen LogP contribution is -2.30. The summed E-state index contributed by atoms with van der Waals surface area (Å²) in [6, 6.07) is 11.6. The number of hydrogen-bond donors (Lipinski definition) is 1. The lowest BCUT2D eigenvalue weighted by Gasteiger charge is -2.13. The first-order valence-electron chi connectivity index (χ1n) is 8.78. The topological polar surface area (TPSA) is 69.0 Å². The molecule has 0 bridgehead atoms. The number of hydrogen-bond acceptors (Lipinski definition) is 6. The van der Waals surface area contributed by atoms with Crippen LogP contribution in [0.5, 0.6) is 5.75 Å². The Bertz CT molecular complexity index is 938. The van der Waals surface area contributed by atoms with E-state index < -0.39 is 0 Å². The minimum absolute atomic E-state index is 0.0367. The summed E-state index contributed by atoms with van der Waals surface area (Å²) >= 11 is 3.00. The zero-order valence-corrected chi connectivity index (χ0v) is 17.4. The molecule has 0 aliphatic rings. The van der Waals surface area contributed by atoms with Crippen molar-refractivity contribution in [1.29, 1.82) is 0 Å². The van der Waals surface area contributed by atoms with Crippen molar-refractivity contribution in [3.63, 3.8) is 0 Å². The van der Waals surface area contributed by atoms with Gasteiger partial charge in [-0.25, -0.2) is 0 Å². The molecule has 1 atom stereocenters. The van der Waals surface area contributed by atoms with Gasteiger partial charge in [-0.05, 0) is 30.5 Å². The molecule has 2 aromatic heterocycles. The highest BCUT2D eigenvalue weighted by atomic mass is 32.2. The fraction of sp³-hybridized carbons (Fsp3) is 0.250. The highest BCUT2D eigenvalue weighted by Crippen LogP contribution is 2.32. The van der Waals surface area contributed by atoms with Crippen LogP contribution < -0.4 is 10.1 Å². The molecular weight excluding hydrogens is 392 g/mol. The van der Waals surface area contributed by atoms with Gasteiger partial charge in [0.25, 0.3) is 0 Å². The van der Waals surface area contributed by atoms with E-state index in [-0.39, 0.29) is 11.2 Å². The number of nitrogens with zero attached hydrogens (tertiary/aromatic N) is 3. The van der Waals surface area contributed by atoms with Gasteiger partial charge >= 0.3 is 0 Å². The van der Waals surface area contributed by atoms with E-state index in [0.29, 0.717) is 24.1 Å². The number of carbonyl (C=O) groups is 1. The number of thioether (sulfide) groups is 1. The smallest absolute Gasteiger partial charge is 0.233 e. The largest absolute Gasteiger partial charge is 0.496 e. The van der Waals surface area contributed by atoms with E-state index in [1.807, 2.05) is 53.3 Å². The number of methoxy groups -OCH3 is 1. The van der Waals surface area contributed by atoms with Gasteiger partial charge in [0, 0.05) is 11.4 Å². The third kappa shape index (κ3) is 4.63. The fourth-order valence-corrected chi connectivity index (χ4v) is 4.17. The van der Waals surface area contributed by atoms with Gasteiger partial charge in [-0.2, -0.15) is 0 Å². The average molecular weight is 415 g/mol. The Morgan fingerprint density at radius 2 is 2.18 bits per heavy atom. The van der Waals surface area contributed by atoms with E-state index >= 15 is 0 Å². The van der Waals surface area contributed by atoms with E-state index in [1.54, 1.807) is 24.5 Å². The van der Waals surface area contributed by atoms with Gasteiger partial charge in [-0.15, -0.1) is 28.1 Å². The number of ether oxygens (including phenoxy) is 1. The molecule has 6 nitrogen and oxygen atoms in total. The molecule has 28 heavy (non-hydrogen) atoms. The Labute approximate surface area is 172 Å². The number of amides is 1. The third-order valence-electron chi connectivity index (χ3n) is 4.04. The van der Waals surface area contributed by atoms with Crippen molar-refractivity contribution in [3.05, 3.63) is 59.3 Å². The molecule has 0 aliphatic heterocycles. The van der Waals surface area contributed by atoms with Crippen molar-refractivity contribution in [2.45, 2.75) is 30.4 Å². The molecule has 3 rings (SSSR count). The zero-order valence-electron chi connectivity index (χ0n) is 15.8. The van der Waals surface area contributed by atoms with Crippen LogP contribution in [0.2, 0.25) is 0 Å². The van der Waals surface area contributed by atoms with Crippen LogP contribution >= 0.6 is 23.1 Å². The lowest BCUT2D eigenvalue weighted by atomic mass is 10.2. The summed E-state index contributed by atoms with van der Waals surface area (Å²) in [5.41, 5.74) is 0.848. The van der Waals surface area contributed by atoms with E-state index in [4.69, 9.17) is 4.74 Å². The second-order valence-electron chi connectivity index (χ2n) is 5.96. The number of carbonyl (C=O) groups excluding carboxylic acids is 1. The molecule has 1 amide bonds. The normalized spacial score (nSPS) is 11.8. The monoisotopic (exact) mass is 414 g/mol. The summed E-state index contributed by atoms with van der Waals surface area (Å²) in [7, 11) is 1.63. The quantitative estimate of drug-likeness (QED) is 0.423. The van der Waals surface area contributed by atoms with E-state index in [2.05, 4.69) is 22.1 Å². The summed E-state index contributed by atoms with van der Waals surface area (Å²) in [5.74, 6) is 1.37. The number of aromatic nitrogens is 3. The van der Waals surface area contributed by atoms with Gasteiger partial charge < -0.3 is 10.1 Å². The summed E-state index contributed by atoms with van der Waals surface area (Å²) in [4.78, 5) is 13.6. The zero-order chi connectivity index (χ0) is 19.9. The van der Waals surface area contributed by atoms with Crippen molar-refractivity contribution in [2.75, 3.05) is 7.11 Å². The Morgan fingerprint density at radius 1 is 1.36 bits per heavy atom. The molecular formula is C20H22N4O2S2. The number of nitrogens with one attached hydrogen (secondary N) is 1. The molecule has 0 radical (unpaired) electrons. The molecule has 0 aliphatic carbocycles. The van der Waals surface area contributed by atoms with Gasteiger partial charge in [0.05, 0.1) is 24.5 Å². The number of para-hydroxylation sites is 1. The van der Waals surface area contributed by atoms with Crippen LogP contribution in [0.25, 0.3) is 11.4 Å². The van der Waals surface area contributed by atoms with Crippen LogP contribution in [0, 0.1) is 0 Å². The molecule has 0 unspecified atom stereocenters. The van der Waals surface area contributed by atoms with Crippen LogP contribution in [-0.4, -0.2) is 33.0 Å². The summed E-state index contributed by atoms with van der Waals surface area (Å²) in [6.45, 7) is 6.77. The Kier molecular flexibility index (Phi) is 6.89. The van der Waals surface area contributed by atoms with Gasteiger partial charge in [-0.1, -0.05) is 36.0 Å². The molecule has 0 saturated heterocycles. The molecule has 1 aromatic carbocycles. The summed E-state index contributed by atoms with van der Waals surface area (Å²) in [6.07, 6.45) is 1.79. The number of allylic oxidation sites excluding steroid dienone is 1.